The number of carbonyl (C=O) groups is 2. The van der Waals surface area contributed by atoms with Crippen molar-refractivity contribution in [3.63, 3.8) is 0 Å². The zero-order valence-corrected chi connectivity index (χ0v) is 11.8. The summed E-state index contributed by atoms with van der Waals surface area (Å²) in [5.41, 5.74) is 0. The minimum atomic E-state index is -0.399. The van der Waals surface area contributed by atoms with E-state index < -0.39 is 5.97 Å². The molecule has 110 valence electrons. The van der Waals surface area contributed by atoms with Gasteiger partial charge in [0.1, 0.15) is 13.2 Å². The van der Waals surface area contributed by atoms with Crippen LogP contribution in [0.5, 0.6) is 0 Å². The summed E-state index contributed by atoms with van der Waals surface area (Å²) in [6.07, 6.45) is 2.80. The average molecular weight is 272 g/mol. The topological polar surface area (TPSA) is 67.9 Å². The van der Waals surface area contributed by atoms with Crippen molar-refractivity contribution in [3.8, 4) is 0 Å². The summed E-state index contributed by atoms with van der Waals surface area (Å²) in [7, 11) is 1.32. The fourth-order valence-corrected chi connectivity index (χ4v) is 2.02. The lowest BCUT2D eigenvalue weighted by molar-refractivity contribution is -0.149. The van der Waals surface area contributed by atoms with Crippen LogP contribution in [0, 0.1) is 0 Å². The molecule has 19 heavy (non-hydrogen) atoms. The molecule has 1 aliphatic rings. The Morgan fingerprint density at radius 3 is 2.58 bits per heavy atom. The zero-order valence-electron chi connectivity index (χ0n) is 11.8. The van der Waals surface area contributed by atoms with Crippen molar-refractivity contribution >= 4 is 11.9 Å². The Labute approximate surface area is 114 Å². The molecular weight excluding hydrogens is 248 g/mol. The van der Waals surface area contributed by atoms with Crippen LogP contribution >= 0.6 is 0 Å². The standard InChI is InChI=1S/C13H24N2O4/c1-3-8-15(9-13(17)18-2)12(16)10-19-11-4-6-14-7-5-11/h11,14H,3-10H2,1-2H3. The molecule has 0 aromatic carbocycles. The number of nitrogens with zero attached hydrogens (tertiary/aromatic N) is 1. The Morgan fingerprint density at radius 2 is 2.00 bits per heavy atom. The van der Waals surface area contributed by atoms with Gasteiger partial charge >= 0.3 is 5.97 Å². The van der Waals surface area contributed by atoms with Crippen molar-refractivity contribution in [2.24, 2.45) is 0 Å². The molecule has 0 radical (unpaired) electrons. The van der Waals surface area contributed by atoms with E-state index in [2.05, 4.69) is 10.1 Å². The highest BCUT2D eigenvalue weighted by molar-refractivity contribution is 5.82. The highest BCUT2D eigenvalue weighted by atomic mass is 16.5. The summed E-state index contributed by atoms with van der Waals surface area (Å²) in [6.45, 7) is 4.41. The largest absolute Gasteiger partial charge is 0.468 e. The van der Waals surface area contributed by atoms with Crippen LogP contribution in [0.3, 0.4) is 0 Å². The molecule has 1 N–H and O–H groups in total. The number of esters is 1. The lowest BCUT2D eigenvalue weighted by atomic mass is 10.1. The Hall–Kier alpha value is -1.14. The molecule has 1 aliphatic heterocycles. The number of rotatable bonds is 7. The molecule has 0 spiro atoms. The van der Waals surface area contributed by atoms with Gasteiger partial charge in [-0.1, -0.05) is 6.92 Å². The van der Waals surface area contributed by atoms with Crippen LogP contribution in [0.2, 0.25) is 0 Å². The minimum absolute atomic E-state index is 0.00123. The third kappa shape index (κ3) is 6.02. The van der Waals surface area contributed by atoms with E-state index in [-0.39, 0.29) is 25.2 Å². The first-order valence-electron chi connectivity index (χ1n) is 6.84. The molecule has 1 rings (SSSR count). The van der Waals surface area contributed by atoms with Crippen molar-refractivity contribution in [2.45, 2.75) is 32.3 Å². The van der Waals surface area contributed by atoms with E-state index in [1.54, 1.807) is 0 Å². The second kappa shape index (κ2) is 8.87. The number of carbonyl (C=O) groups excluding carboxylic acids is 2. The minimum Gasteiger partial charge on any atom is -0.468 e. The van der Waals surface area contributed by atoms with Crippen molar-refractivity contribution < 1.29 is 19.1 Å². The highest BCUT2D eigenvalue weighted by Gasteiger charge is 2.19. The van der Waals surface area contributed by atoms with Gasteiger partial charge in [0.05, 0.1) is 13.2 Å². The molecule has 0 bridgehead atoms. The molecule has 6 heteroatoms. The van der Waals surface area contributed by atoms with Gasteiger partial charge in [0, 0.05) is 6.54 Å². The SMILES string of the molecule is CCCN(CC(=O)OC)C(=O)COC1CCNCC1. The lowest BCUT2D eigenvalue weighted by Crippen LogP contribution is -2.41. The van der Waals surface area contributed by atoms with Crippen LogP contribution < -0.4 is 5.32 Å². The molecular formula is C13H24N2O4. The molecule has 1 amide bonds. The summed E-state index contributed by atoms with van der Waals surface area (Å²) in [5, 5.41) is 3.24. The molecule has 0 aromatic heterocycles. The van der Waals surface area contributed by atoms with Gasteiger partial charge in [0.15, 0.2) is 0 Å². The quantitative estimate of drug-likeness (QED) is 0.669. The van der Waals surface area contributed by atoms with E-state index >= 15 is 0 Å². The number of nitrogens with one attached hydrogen (secondary N) is 1. The summed E-state index contributed by atoms with van der Waals surface area (Å²) >= 11 is 0. The maximum absolute atomic E-state index is 12.0. The van der Waals surface area contributed by atoms with Crippen molar-refractivity contribution in [2.75, 3.05) is 39.9 Å². The molecule has 0 aliphatic carbocycles. The number of amides is 1. The Kier molecular flexibility index (Phi) is 7.43. The van der Waals surface area contributed by atoms with Crippen LogP contribution in [-0.4, -0.2) is 62.8 Å². The fraction of sp³-hybridized carbons (Fsp3) is 0.846. The van der Waals surface area contributed by atoms with Gasteiger partial charge in [0.25, 0.3) is 0 Å². The second-order valence-corrected chi connectivity index (χ2v) is 4.65. The third-order valence-corrected chi connectivity index (χ3v) is 3.12. The van der Waals surface area contributed by atoms with Crippen molar-refractivity contribution in [1.82, 2.24) is 10.2 Å². The number of piperidine rings is 1. The van der Waals surface area contributed by atoms with Crippen LogP contribution in [0.1, 0.15) is 26.2 Å². The predicted octanol–water partition coefficient (Wildman–Crippen LogP) is 0.167. The van der Waals surface area contributed by atoms with Gasteiger partial charge in [-0.05, 0) is 32.4 Å². The molecule has 0 unspecified atom stereocenters. The average Bonchev–Trinajstić information content (AvgIpc) is 2.45. The first-order valence-corrected chi connectivity index (χ1v) is 6.84. The van der Waals surface area contributed by atoms with E-state index in [0.29, 0.717) is 6.54 Å². The molecule has 0 aromatic rings. The normalized spacial score (nSPS) is 16.1. The lowest BCUT2D eigenvalue weighted by Gasteiger charge is -2.25. The van der Waals surface area contributed by atoms with E-state index in [1.165, 1.54) is 12.0 Å². The van der Waals surface area contributed by atoms with Gasteiger partial charge in [-0.2, -0.15) is 0 Å². The highest BCUT2D eigenvalue weighted by Crippen LogP contribution is 2.07. The second-order valence-electron chi connectivity index (χ2n) is 4.65. The molecule has 0 atom stereocenters. The van der Waals surface area contributed by atoms with E-state index in [1.807, 2.05) is 6.92 Å². The van der Waals surface area contributed by atoms with Gasteiger partial charge in [-0.25, -0.2) is 0 Å². The Balaban J connectivity index is 2.35. The zero-order chi connectivity index (χ0) is 14.1. The molecule has 1 fully saturated rings. The first kappa shape index (κ1) is 15.9. The third-order valence-electron chi connectivity index (χ3n) is 3.12. The van der Waals surface area contributed by atoms with Crippen LogP contribution in [0.25, 0.3) is 0 Å². The summed E-state index contributed by atoms with van der Waals surface area (Å²) in [5.74, 6) is -0.547. The van der Waals surface area contributed by atoms with Crippen molar-refractivity contribution in [1.29, 1.82) is 0 Å². The van der Waals surface area contributed by atoms with Crippen molar-refractivity contribution in [3.05, 3.63) is 0 Å². The number of hydrogen-bond acceptors (Lipinski definition) is 5. The maximum Gasteiger partial charge on any atom is 0.325 e. The summed E-state index contributed by atoms with van der Waals surface area (Å²) in [4.78, 5) is 24.7. The van der Waals surface area contributed by atoms with Crippen LogP contribution in [0.4, 0.5) is 0 Å². The molecule has 0 saturated carbocycles. The van der Waals surface area contributed by atoms with Gasteiger partial charge in [-0.3, -0.25) is 9.59 Å². The monoisotopic (exact) mass is 272 g/mol. The number of ether oxygens (including phenoxy) is 2. The van der Waals surface area contributed by atoms with Gasteiger partial charge in [-0.15, -0.1) is 0 Å². The van der Waals surface area contributed by atoms with E-state index in [0.717, 1.165) is 32.4 Å². The molecule has 6 nitrogen and oxygen atoms in total. The Bertz CT molecular complexity index is 290. The van der Waals surface area contributed by atoms with Crippen LogP contribution in [-0.2, 0) is 19.1 Å². The van der Waals surface area contributed by atoms with E-state index in [4.69, 9.17) is 4.74 Å². The Morgan fingerprint density at radius 1 is 1.32 bits per heavy atom. The number of hydrogen-bond donors (Lipinski definition) is 1. The van der Waals surface area contributed by atoms with E-state index in [9.17, 15) is 9.59 Å². The smallest absolute Gasteiger partial charge is 0.325 e. The predicted molar refractivity (Wildman–Crippen MR) is 70.7 cm³/mol. The maximum atomic E-state index is 12.0. The van der Waals surface area contributed by atoms with Crippen LogP contribution in [0.15, 0.2) is 0 Å². The molecule has 1 heterocycles. The number of methoxy groups -OCH3 is 1. The fourth-order valence-electron chi connectivity index (χ4n) is 2.02. The van der Waals surface area contributed by atoms with Gasteiger partial charge in [0.2, 0.25) is 5.91 Å². The summed E-state index contributed by atoms with van der Waals surface area (Å²) in [6, 6.07) is 0. The van der Waals surface area contributed by atoms with Gasteiger partial charge < -0.3 is 19.7 Å². The summed E-state index contributed by atoms with van der Waals surface area (Å²) < 4.78 is 10.2. The molecule has 1 saturated heterocycles. The first-order chi connectivity index (χ1) is 9.17.